The zero-order valence-corrected chi connectivity index (χ0v) is 14.7. The van der Waals surface area contributed by atoms with E-state index in [0.717, 1.165) is 5.56 Å². The van der Waals surface area contributed by atoms with Crippen molar-refractivity contribution < 1.29 is 9.53 Å². The van der Waals surface area contributed by atoms with Gasteiger partial charge in [0.15, 0.2) is 0 Å². The van der Waals surface area contributed by atoms with Crippen LogP contribution in [0, 0.1) is 11.8 Å². The zero-order chi connectivity index (χ0) is 18.2. The maximum atomic E-state index is 12.4. The van der Waals surface area contributed by atoms with Gasteiger partial charge in [-0.2, -0.15) is 0 Å². The predicted octanol–water partition coefficient (Wildman–Crippen LogP) is 4.91. The van der Waals surface area contributed by atoms with Crippen molar-refractivity contribution in [3.8, 4) is 23.3 Å². The minimum atomic E-state index is -0.239. The minimum Gasteiger partial charge on any atom is -0.457 e. The third kappa shape index (κ3) is 4.89. The summed E-state index contributed by atoms with van der Waals surface area (Å²) in [5.41, 5.74) is 1.26. The number of hydrogen-bond donors (Lipinski definition) is 1. The number of nitrogens with one attached hydrogen (secondary N) is 1. The number of halogens is 1. The van der Waals surface area contributed by atoms with Gasteiger partial charge in [0.05, 0.1) is 12.1 Å². The Morgan fingerprint density at radius 2 is 1.73 bits per heavy atom. The molecule has 3 nitrogen and oxygen atoms in total. The number of rotatable bonds is 4. The molecule has 128 valence electrons. The monoisotopic (exact) mass is 361 g/mol. The molecule has 1 N–H and O–H groups in total. The van der Waals surface area contributed by atoms with Gasteiger partial charge in [-0.3, -0.25) is 4.79 Å². The van der Waals surface area contributed by atoms with Crippen LogP contribution in [0.15, 0.2) is 78.9 Å². The molecule has 3 rings (SSSR count). The van der Waals surface area contributed by atoms with Crippen molar-refractivity contribution in [3.05, 3.63) is 95.0 Å². The van der Waals surface area contributed by atoms with Gasteiger partial charge in [0.25, 0.3) is 5.91 Å². The Hall–Kier alpha value is -3.22. The van der Waals surface area contributed by atoms with E-state index in [1.807, 2.05) is 48.5 Å². The highest BCUT2D eigenvalue weighted by Crippen LogP contribution is 2.24. The van der Waals surface area contributed by atoms with E-state index in [-0.39, 0.29) is 12.5 Å². The van der Waals surface area contributed by atoms with E-state index in [1.54, 1.807) is 30.3 Å². The van der Waals surface area contributed by atoms with Crippen LogP contribution in [0.3, 0.4) is 0 Å². The van der Waals surface area contributed by atoms with Crippen LogP contribution in [0.4, 0.5) is 0 Å². The van der Waals surface area contributed by atoms with Crippen LogP contribution < -0.4 is 10.1 Å². The summed E-state index contributed by atoms with van der Waals surface area (Å²) in [6.45, 7) is 0.227. The molecule has 0 aliphatic rings. The Labute approximate surface area is 157 Å². The fourth-order valence-electron chi connectivity index (χ4n) is 2.29. The standard InChI is InChI=1S/C22H16ClNO2/c23-18-10-6-8-17(16-18)9-7-15-24-22(25)20-13-4-5-14-21(20)26-19-11-2-1-3-12-19/h1-6,8,10-14,16H,15H2,(H,24,25). The first kappa shape index (κ1) is 17.6. The number of para-hydroxylation sites is 2. The van der Waals surface area contributed by atoms with Crippen LogP contribution in [-0.2, 0) is 0 Å². The lowest BCUT2D eigenvalue weighted by Crippen LogP contribution is -2.24. The number of carbonyl (C=O) groups is 1. The van der Waals surface area contributed by atoms with Crippen LogP contribution in [-0.4, -0.2) is 12.5 Å². The summed E-state index contributed by atoms with van der Waals surface area (Å²) in [7, 11) is 0. The summed E-state index contributed by atoms with van der Waals surface area (Å²) >= 11 is 5.92. The predicted molar refractivity (Wildman–Crippen MR) is 104 cm³/mol. The Morgan fingerprint density at radius 3 is 2.54 bits per heavy atom. The second-order valence-corrected chi connectivity index (χ2v) is 5.84. The van der Waals surface area contributed by atoms with E-state index < -0.39 is 0 Å². The molecule has 0 saturated carbocycles. The Bertz CT molecular complexity index is 958. The molecule has 3 aromatic carbocycles. The molecule has 0 unspecified atom stereocenters. The summed E-state index contributed by atoms with van der Waals surface area (Å²) < 4.78 is 5.81. The van der Waals surface area contributed by atoms with Crippen molar-refractivity contribution in [2.75, 3.05) is 6.54 Å². The van der Waals surface area contributed by atoms with Gasteiger partial charge in [0, 0.05) is 10.6 Å². The molecule has 0 bridgehead atoms. The molecule has 0 aliphatic heterocycles. The van der Waals surface area contributed by atoms with Crippen molar-refractivity contribution in [2.45, 2.75) is 0 Å². The molecule has 3 aromatic rings. The highest BCUT2D eigenvalue weighted by atomic mass is 35.5. The van der Waals surface area contributed by atoms with Crippen molar-refractivity contribution in [1.29, 1.82) is 0 Å². The normalized spacial score (nSPS) is 9.73. The number of benzene rings is 3. The highest BCUT2D eigenvalue weighted by molar-refractivity contribution is 6.30. The zero-order valence-electron chi connectivity index (χ0n) is 13.9. The molecule has 0 heterocycles. The quantitative estimate of drug-likeness (QED) is 0.670. The van der Waals surface area contributed by atoms with E-state index in [2.05, 4.69) is 17.2 Å². The molecular weight excluding hydrogens is 346 g/mol. The molecule has 0 spiro atoms. The minimum absolute atomic E-state index is 0.227. The van der Waals surface area contributed by atoms with E-state index in [0.29, 0.717) is 22.1 Å². The maximum absolute atomic E-state index is 12.4. The fraction of sp³-hybridized carbons (Fsp3) is 0.0455. The summed E-state index contributed by atoms with van der Waals surface area (Å²) in [5.74, 6) is 6.82. The average Bonchev–Trinajstić information content (AvgIpc) is 2.66. The van der Waals surface area contributed by atoms with E-state index in [9.17, 15) is 4.79 Å². The molecule has 0 aliphatic carbocycles. The first-order chi connectivity index (χ1) is 12.7. The summed E-state index contributed by atoms with van der Waals surface area (Å²) in [6.07, 6.45) is 0. The summed E-state index contributed by atoms with van der Waals surface area (Å²) in [4.78, 5) is 12.4. The van der Waals surface area contributed by atoms with E-state index in [4.69, 9.17) is 16.3 Å². The van der Waals surface area contributed by atoms with Gasteiger partial charge in [-0.25, -0.2) is 0 Å². The smallest absolute Gasteiger partial charge is 0.255 e. The van der Waals surface area contributed by atoms with Gasteiger partial charge >= 0.3 is 0 Å². The molecule has 26 heavy (non-hydrogen) atoms. The molecule has 0 atom stereocenters. The lowest BCUT2D eigenvalue weighted by molar-refractivity contribution is 0.0956. The molecule has 0 aromatic heterocycles. The Morgan fingerprint density at radius 1 is 0.962 bits per heavy atom. The first-order valence-corrected chi connectivity index (χ1v) is 8.45. The molecule has 4 heteroatoms. The van der Waals surface area contributed by atoms with Crippen molar-refractivity contribution in [3.63, 3.8) is 0 Å². The van der Waals surface area contributed by atoms with Gasteiger partial charge in [-0.05, 0) is 42.5 Å². The molecule has 0 saturated heterocycles. The van der Waals surface area contributed by atoms with Crippen LogP contribution >= 0.6 is 11.6 Å². The number of carbonyl (C=O) groups excluding carboxylic acids is 1. The van der Waals surface area contributed by atoms with E-state index in [1.165, 1.54) is 0 Å². The van der Waals surface area contributed by atoms with Crippen LogP contribution in [0.5, 0.6) is 11.5 Å². The molecular formula is C22H16ClNO2. The van der Waals surface area contributed by atoms with E-state index >= 15 is 0 Å². The highest BCUT2D eigenvalue weighted by Gasteiger charge is 2.11. The molecule has 0 radical (unpaired) electrons. The van der Waals surface area contributed by atoms with Gasteiger partial charge in [0.2, 0.25) is 0 Å². The van der Waals surface area contributed by atoms with Gasteiger partial charge in [-0.15, -0.1) is 0 Å². The van der Waals surface area contributed by atoms with Crippen LogP contribution in [0.2, 0.25) is 5.02 Å². The first-order valence-electron chi connectivity index (χ1n) is 8.07. The molecule has 1 amide bonds. The van der Waals surface area contributed by atoms with Crippen molar-refractivity contribution in [2.24, 2.45) is 0 Å². The topological polar surface area (TPSA) is 38.3 Å². The Kier molecular flexibility index (Phi) is 5.92. The third-order valence-electron chi connectivity index (χ3n) is 3.50. The number of amides is 1. The lowest BCUT2D eigenvalue weighted by atomic mass is 10.2. The van der Waals surface area contributed by atoms with Crippen molar-refractivity contribution in [1.82, 2.24) is 5.32 Å². The summed E-state index contributed by atoms with van der Waals surface area (Å²) in [5, 5.41) is 3.42. The van der Waals surface area contributed by atoms with Gasteiger partial charge < -0.3 is 10.1 Å². The fourth-order valence-corrected chi connectivity index (χ4v) is 2.48. The largest absolute Gasteiger partial charge is 0.457 e. The summed E-state index contributed by atoms with van der Waals surface area (Å²) in [6, 6.07) is 23.7. The number of ether oxygens (including phenoxy) is 1. The van der Waals surface area contributed by atoms with Crippen LogP contribution in [0.1, 0.15) is 15.9 Å². The van der Waals surface area contributed by atoms with Crippen LogP contribution in [0.25, 0.3) is 0 Å². The SMILES string of the molecule is O=C(NCC#Cc1cccc(Cl)c1)c1ccccc1Oc1ccccc1. The number of hydrogen-bond acceptors (Lipinski definition) is 2. The average molecular weight is 362 g/mol. The van der Waals surface area contributed by atoms with Crippen molar-refractivity contribution >= 4 is 17.5 Å². The van der Waals surface area contributed by atoms with Gasteiger partial charge in [-0.1, -0.05) is 59.8 Å². The second kappa shape index (κ2) is 8.75. The maximum Gasteiger partial charge on any atom is 0.255 e. The second-order valence-electron chi connectivity index (χ2n) is 5.41. The third-order valence-corrected chi connectivity index (χ3v) is 3.73. The lowest BCUT2D eigenvalue weighted by Gasteiger charge is -2.10. The van der Waals surface area contributed by atoms with Gasteiger partial charge in [0.1, 0.15) is 11.5 Å². The Balaban J connectivity index is 1.65. The molecule has 0 fully saturated rings.